The quantitative estimate of drug-likeness (QED) is 0.545. The molecule has 0 bridgehead atoms. The normalized spacial score (nSPS) is 36.7. The fourth-order valence-corrected chi connectivity index (χ4v) is 1.57. The number of hydrogen-bond donors (Lipinski definition) is 2. The maximum Gasteiger partial charge on any atom is 0.0372 e. The highest BCUT2D eigenvalue weighted by Gasteiger charge is 2.19. The number of hydrogen-bond acceptors (Lipinski definition) is 2. The van der Waals surface area contributed by atoms with Crippen LogP contribution in [-0.4, -0.2) is 12.1 Å². The van der Waals surface area contributed by atoms with Gasteiger partial charge < -0.3 is 5.73 Å². The van der Waals surface area contributed by atoms with Gasteiger partial charge in [0.15, 0.2) is 0 Å². The Morgan fingerprint density at radius 1 is 1.33 bits per heavy atom. The molecule has 9 heavy (non-hydrogen) atoms. The summed E-state index contributed by atoms with van der Waals surface area (Å²) in [6, 6.07) is 0.622. The summed E-state index contributed by atoms with van der Waals surface area (Å²) < 4.78 is 0. The van der Waals surface area contributed by atoms with Gasteiger partial charge in [-0.1, -0.05) is 12.8 Å². The van der Waals surface area contributed by atoms with Crippen LogP contribution in [0.15, 0.2) is 0 Å². The van der Waals surface area contributed by atoms with Crippen LogP contribution in [0.25, 0.3) is 0 Å². The van der Waals surface area contributed by atoms with Crippen LogP contribution in [0.3, 0.4) is 0 Å². The van der Waals surface area contributed by atoms with Crippen molar-refractivity contribution in [3.8, 4) is 0 Å². The van der Waals surface area contributed by atoms with Crippen LogP contribution >= 0.6 is 11.8 Å². The van der Waals surface area contributed by atoms with Crippen LogP contribution in [0.1, 0.15) is 25.7 Å². The molecule has 0 aliphatic heterocycles. The summed E-state index contributed by atoms with van der Waals surface area (Å²) in [5, 5.41) is 0. The van der Waals surface area contributed by atoms with Crippen molar-refractivity contribution in [1.82, 2.24) is 4.84 Å². The Morgan fingerprint density at radius 2 is 2.00 bits per heavy atom. The van der Waals surface area contributed by atoms with Crippen LogP contribution in [0.2, 0.25) is 0 Å². The van der Waals surface area contributed by atoms with Crippen molar-refractivity contribution >= 4 is 11.8 Å². The summed E-state index contributed by atoms with van der Waals surface area (Å²) in [5.74, 6) is 0. The van der Waals surface area contributed by atoms with E-state index in [9.17, 15) is 0 Å². The van der Waals surface area contributed by atoms with Crippen molar-refractivity contribution in [3.63, 3.8) is 0 Å². The second kappa shape index (κ2) is 3.40. The molecule has 2 nitrogen and oxygen atoms in total. The molecule has 0 aromatic rings. The van der Waals surface area contributed by atoms with E-state index in [-0.39, 0.29) is 6.04 Å². The Labute approximate surface area is 60.9 Å². The maximum absolute atomic E-state index is 5.74. The first kappa shape index (κ1) is 7.32. The molecule has 1 fully saturated rings. The number of nitrogens with two attached hydrogens (primary N) is 1. The largest absolute Gasteiger partial charge is 0.326 e. The topological polar surface area (TPSA) is 38.0 Å². The summed E-state index contributed by atoms with van der Waals surface area (Å²) in [4.78, 5) is 2.70. The lowest BCUT2D eigenvalue weighted by atomic mass is 9.92. The minimum absolute atomic E-state index is 0.274. The highest BCUT2D eigenvalue weighted by molar-refractivity contribution is 6.13. The van der Waals surface area contributed by atoms with Crippen molar-refractivity contribution in [1.29, 1.82) is 0 Å². The second-order valence-corrected chi connectivity index (χ2v) is 2.88. The molecule has 0 aromatic carbocycles. The first-order valence-electron chi connectivity index (χ1n) is 3.46. The Kier molecular flexibility index (Phi) is 2.76. The summed E-state index contributed by atoms with van der Waals surface area (Å²) >= 11 is 5.45. The van der Waals surface area contributed by atoms with E-state index >= 15 is 0 Å². The number of rotatable bonds is 1. The average molecular weight is 149 g/mol. The smallest absolute Gasteiger partial charge is 0.0372 e. The minimum atomic E-state index is 0.274. The fourth-order valence-electron chi connectivity index (χ4n) is 1.30. The summed E-state index contributed by atoms with van der Waals surface area (Å²) in [7, 11) is 0. The molecule has 0 aromatic heterocycles. The Balaban J connectivity index is 2.30. The van der Waals surface area contributed by atoms with Crippen LogP contribution in [-0.2, 0) is 0 Å². The number of nitrogens with one attached hydrogen (secondary N) is 1. The molecule has 3 N–H and O–H groups in total. The van der Waals surface area contributed by atoms with Crippen LogP contribution in [0.5, 0.6) is 0 Å². The lowest BCUT2D eigenvalue weighted by molar-refractivity contribution is 0.366. The van der Waals surface area contributed by atoms with Crippen LogP contribution in [0, 0.1) is 0 Å². The average Bonchev–Trinajstić information content (AvgIpc) is 1.89. The van der Waals surface area contributed by atoms with Gasteiger partial charge in [0.05, 0.1) is 0 Å². The van der Waals surface area contributed by atoms with Crippen LogP contribution in [0.4, 0.5) is 0 Å². The van der Waals surface area contributed by atoms with Gasteiger partial charge in [0.2, 0.25) is 0 Å². The fraction of sp³-hybridized carbons (Fsp3) is 1.00. The third kappa shape index (κ3) is 1.81. The molecule has 0 amide bonds. The zero-order valence-corrected chi connectivity index (χ0v) is 6.19. The Morgan fingerprint density at radius 3 is 2.44 bits per heavy atom. The predicted octanol–water partition coefficient (Wildman–Crippen LogP) is 1.000. The standard InChI is InChI=1S/C6H13ClN2/c7-9-6-4-2-1-3-5(6)8/h5-6,9H,1-4,8H2. The van der Waals surface area contributed by atoms with E-state index in [0.717, 1.165) is 12.8 Å². The van der Waals surface area contributed by atoms with Gasteiger partial charge in [0.1, 0.15) is 0 Å². The van der Waals surface area contributed by atoms with Crippen LogP contribution < -0.4 is 10.6 Å². The predicted molar refractivity (Wildman–Crippen MR) is 39.2 cm³/mol. The third-order valence-electron chi connectivity index (χ3n) is 1.96. The lowest BCUT2D eigenvalue weighted by Gasteiger charge is -2.26. The van der Waals surface area contributed by atoms with E-state index in [1.165, 1.54) is 12.8 Å². The first-order valence-corrected chi connectivity index (χ1v) is 3.84. The molecular weight excluding hydrogens is 136 g/mol. The van der Waals surface area contributed by atoms with Gasteiger partial charge in [-0.3, -0.25) is 0 Å². The molecule has 1 aliphatic rings. The van der Waals surface area contributed by atoms with E-state index in [1.807, 2.05) is 0 Å². The molecule has 1 rings (SSSR count). The molecule has 1 saturated carbocycles. The summed E-state index contributed by atoms with van der Waals surface area (Å²) in [6.07, 6.45) is 4.77. The SMILES string of the molecule is NC1CCCCC1NCl. The minimum Gasteiger partial charge on any atom is -0.326 e. The first-order chi connectivity index (χ1) is 4.34. The zero-order chi connectivity index (χ0) is 6.69. The van der Waals surface area contributed by atoms with Crippen molar-refractivity contribution < 1.29 is 0 Å². The molecule has 2 atom stereocenters. The van der Waals surface area contributed by atoms with Gasteiger partial charge in [-0.05, 0) is 24.6 Å². The molecule has 0 saturated heterocycles. The molecule has 0 heterocycles. The summed E-state index contributed by atoms with van der Waals surface area (Å²) in [5.41, 5.74) is 5.74. The van der Waals surface area contributed by atoms with Gasteiger partial charge in [0, 0.05) is 12.1 Å². The van der Waals surface area contributed by atoms with Gasteiger partial charge in [0.25, 0.3) is 0 Å². The van der Waals surface area contributed by atoms with E-state index in [2.05, 4.69) is 4.84 Å². The van der Waals surface area contributed by atoms with E-state index < -0.39 is 0 Å². The van der Waals surface area contributed by atoms with Gasteiger partial charge in [-0.25, -0.2) is 4.84 Å². The van der Waals surface area contributed by atoms with E-state index in [0.29, 0.717) is 6.04 Å². The van der Waals surface area contributed by atoms with Crippen molar-refractivity contribution in [3.05, 3.63) is 0 Å². The summed E-state index contributed by atoms with van der Waals surface area (Å²) in [6.45, 7) is 0. The number of halogens is 1. The van der Waals surface area contributed by atoms with Gasteiger partial charge >= 0.3 is 0 Å². The molecule has 0 spiro atoms. The molecule has 0 radical (unpaired) electrons. The maximum atomic E-state index is 5.74. The van der Waals surface area contributed by atoms with E-state index in [1.54, 1.807) is 0 Å². The molecule has 54 valence electrons. The van der Waals surface area contributed by atoms with Gasteiger partial charge in [-0.2, -0.15) is 0 Å². The Bertz CT molecular complexity index is 87.1. The molecular formula is C6H13ClN2. The molecule has 2 unspecified atom stereocenters. The zero-order valence-electron chi connectivity index (χ0n) is 5.44. The lowest BCUT2D eigenvalue weighted by Crippen LogP contribution is -2.43. The highest BCUT2D eigenvalue weighted by Crippen LogP contribution is 2.16. The van der Waals surface area contributed by atoms with Crippen molar-refractivity contribution in [2.24, 2.45) is 5.73 Å². The second-order valence-electron chi connectivity index (χ2n) is 2.66. The Hall–Kier alpha value is 0.210. The van der Waals surface area contributed by atoms with Crippen molar-refractivity contribution in [2.75, 3.05) is 0 Å². The molecule has 3 heteroatoms. The highest BCUT2D eigenvalue weighted by atomic mass is 35.5. The third-order valence-corrected chi connectivity index (χ3v) is 2.24. The monoisotopic (exact) mass is 148 g/mol. The molecule has 1 aliphatic carbocycles. The van der Waals surface area contributed by atoms with E-state index in [4.69, 9.17) is 17.5 Å². The van der Waals surface area contributed by atoms with Crippen molar-refractivity contribution in [2.45, 2.75) is 37.8 Å². The van der Waals surface area contributed by atoms with Gasteiger partial charge in [-0.15, -0.1) is 0 Å².